The quantitative estimate of drug-likeness (QED) is 0.418. The van der Waals surface area contributed by atoms with Gasteiger partial charge in [0, 0.05) is 12.1 Å². The Kier molecular flexibility index (Phi) is 7.40. The summed E-state index contributed by atoms with van der Waals surface area (Å²) in [5.74, 6) is -0.429. The van der Waals surface area contributed by atoms with Crippen molar-refractivity contribution in [1.29, 1.82) is 0 Å². The van der Waals surface area contributed by atoms with E-state index in [0.29, 0.717) is 19.4 Å². The van der Waals surface area contributed by atoms with Crippen molar-refractivity contribution in [3.8, 4) is 0 Å². The topological polar surface area (TPSA) is 122 Å². The number of benzene rings is 1. The van der Waals surface area contributed by atoms with Gasteiger partial charge in [-0.15, -0.1) is 0 Å². The maximum atomic E-state index is 13.6. The van der Waals surface area contributed by atoms with Crippen molar-refractivity contribution in [3.63, 3.8) is 0 Å². The van der Waals surface area contributed by atoms with Gasteiger partial charge >= 0.3 is 6.03 Å². The van der Waals surface area contributed by atoms with Crippen LogP contribution in [0.3, 0.4) is 0 Å². The van der Waals surface area contributed by atoms with Gasteiger partial charge in [-0.1, -0.05) is 30.3 Å². The number of aliphatic hydroxyl groups is 1. The molecule has 200 valence electrons. The molecule has 1 spiro atoms. The number of carbonyl (C=O) groups is 2. The first-order chi connectivity index (χ1) is 16.9. The molecular formula is C25H39N5O5S. The van der Waals surface area contributed by atoms with Gasteiger partial charge in [-0.2, -0.15) is 4.72 Å². The first-order valence-electron chi connectivity index (χ1n) is 12.6. The van der Waals surface area contributed by atoms with Crippen LogP contribution in [-0.2, 0) is 20.4 Å². The van der Waals surface area contributed by atoms with Gasteiger partial charge in [0.05, 0.1) is 30.6 Å². The van der Waals surface area contributed by atoms with Gasteiger partial charge in [0.25, 0.3) is 0 Å². The summed E-state index contributed by atoms with van der Waals surface area (Å²) in [6.45, 7) is 0.308. The third-order valence-corrected chi connectivity index (χ3v) is 9.09. The van der Waals surface area contributed by atoms with E-state index < -0.39 is 27.1 Å². The number of nitrogens with one attached hydrogen (secondary N) is 2. The second-order valence-electron chi connectivity index (χ2n) is 11.0. The van der Waals surface area contributed by atoms with Crippen LogP contribution in [0.2, 0.25) is 0 Å². The molecule has 0 atom stereocenters. The van der Waals surface area contributed by atoms with Gasteiger partial charge in [-0.05, 0) is 64.6 Å². The van der Waals surface area contributed by atoms with Crippen LogP contribution < -0.4 is 10.0 Å². The number of hydrogen-bond donors (Lipinski definition) is 3. The molecule has 1 aromatic rings. The van der Waals surface area contributed by atoms with E-state index in [-0.39, 0.29) is 31.3 Å². The summed E-state index contributed by atoms with van der Waals surface area (Å²) in [5.41, 5.74) is -0.206. The van der Waals surface area contributed by atoms with Gasteiger partial charge in [0.2, 0.25) is 15.9 Å². The molecule has 1 heterocycles. The van der Waals surface area contributed by atoms with Crippen molar-refractivity contribution in [1.82, 2.24) is 24.7 Å². The molecule has 3 amide bonds. The summed E-state index contributed by atoms with van der Waals surface area (Å²) in [7, 11) is 0.764. The summed E-state index contributed by atoms with van der Waals surface area (Å²) in [6.07, 6.45) is 6.54. The molecule has 36 heavy (non-hydrogen) atoms. The number of β-amino-alcohol motifs (C(OH)–C–C–N with tert-alkyl or cyclic N) is 1. The first-order valence-corrected chi connectivity index (χ1v) is 14.5. The van der Waals surface area contributed by atoms with Crippen molar-refractivity contribution < 1.29 is 23.1 Å². The van der Waals surface area contributed by atoms with Crippen LogP contribution in [0.25, 0.3) is 0 Å². The van der Waals surface area contributed by atoms with E-state index in [0.717, 1.165) is 38.4 Å². The minimum Gasteiger partial charge on any atom is -0.388 e. The number of hydrogen-bond acceptors (Lipinski definition) is 6. The largest absolute Gasteiger partial charge is 0.388 e. The summed E-state index contributed by atoms with van der Waals surface area (Å²) in [5, 5.41) is 13.5. The van der Waals surface area contributed by atoms with E-state index in [2.05, 4.69) is 53.3 Å². The summed E-state index contributed by atoms with van der Waals surface area (Å²) in [4.78, 5) is 31.7. The lowest BCUT2D eigenvalue weighted by molar-refractivity contribution is -0.121. The van der Waals surface area contributed by atoms with Crippen LogP contribution in [-0.4, -0.2) is 98.0 Å². The molecule has 2 saturated carbocycles. The SMILES string of the molecule is CN(C)C1(c2ccccc2)CCC2(CC1)CN(CC(=O)NCNS(C)(=O)=O)C(=O)N2CC1(O)CCC1. The Labute approximate surface area is 214 Å². The van der Waals surface area contributed by atoms with Crippen molar-refractivity contribution in [2.24, 2.45) is 0 Å². The molecule has 10 nitrogen and oxygen atoms in total. The highest BCUT2D eigenvalue weighted by atomic mass is 32.2. The fourth-order valence-corrected chi connectivity index (χ4v) is 6.41. The van der Waals surface area contributed by atoms with Gasteiger partial charge in [-0.25, -0.2) is 13.2 Å². The van der Waals surface area contributed by atoms with Crippen LogP contribution in [0.4, 0.5) is 4.79 Å². The third kappa shape index (κ3) is 5.39. The zero-order valence-electron chi connectivity index (χ0n) is 21.5. The summed E-state index contributed by atoms with van der Waals surface area (Å²) >= 11 is 0. The fourth-order valence-electron chi connectivity index (χ4n) is 6.07. The number of nitrogens with zero attached hydrogens (tertiary/aromatic N) is 3. The van der Waals surface area contributed by atoms with Crippen molar-refractivity contribution in [2.75, 3.05) is 46.7 Å². The molecule has 11 heteroatoms. The number of amides is 3. The lowest BCUT2D eigenvalue weighted by atomic mass is 9.67. The van der Waals surface area contributed by atoms with Gasteiger partial charge in [0.1, 0.15) is 6.54 Å². The van der Waals surface area contributed by atoms with Gasteiger partial charge < -0.3 is 20.2 Å². The van der Waals surface area contributed by atoms with E-state index in [1.165, 1.54) is 5.56 Å². The van der Waals surface area contributed by atoms with E-state index in [4.69, 9.17) is 0 Å². The summed E-state index contributed by atoms with van der Waals surface area (Å²) < 4.78 is 24.8. The second kappa shape index (κ2) is 9.92. The Morgan fingerprint density at radius 1 is 1.08 bits per heavy atom. The Morgan fingerprint density at radius 2 is 1.72 bits per heavy atom. The molecule has 1 aromatic carbocycles. The normalized spacial score (nSPS) is 28.0. The third-order valence-electron chi connectivity index (χ3n) is 8.43. The predicted octanol–water partition coefficient (Wildman–Crippen LogP) is 1.03. The molecule has 0 aromatic heterocycles. The smallest absolute Gasteiger partial charge is 0.321 e. The zero-order valence-corrected chi connectivity index (χ0v) is 22.3. The Bertz CT molecular complexity index is 1070. The van der Waals surface area contributed by atoms with E-state index in [1.54, 1.807) is 4.90 Å². The number of rotatable bonds is 9. The minimum atomic E-state index is -3.43. The fraction of sp³-hybridized carbons (Fsp3) is 0.680. The lowest BCUT2D eigenvalue weighted by Crippen LogP contribution is -2.59. The predicted molar refractivity (Wildman–Crippen MR) is 136 cm³/mol. The van der Waals surface area contributed by atoms with E-state index in [9.17, 15) is 23.1 Å². The minimum absolute atomic E-state index is 0.142. The molecule has 0 unspecified atom stereocenters. The van der Waals surface area contributed by atoms with Crippen molar-refractivity contribution >= 4 is 22.0 Å². The van der Waals surface area contributed by atoms with Gasteiger partial charge in [0.15, 0.2) is 0 Å². The molecule has 4 rings (SSSR count). The molecule has 3 N–H and O–H groups in total. The Hall–Kier alpha value is -2.21. The molecule has 1 saturated heterocycles. The van der Waals surface area contributed by atoms with Crippen LogP contribution >= 0.6 is 0 Å². The molecule has 1 aliphatic heterocycles. The maximum Gasteiger partial charge on any atom is 0.321 e. The highest BCUT2D eigenvalue weighted by Gasteiger charge is 2.56. The van der Waals surface area contributed by atoms with E-state index in [1.807, 2.05) is 11.0 Å². The highest BCUT2D eigenvalue weighted by Crippen LogP contribution is 2.50. The van der Waals surface area contributed by atoms with Crippen LogP contribution in [0.15, 0.2) is 30.3 Å². The average Bonchev–Trinajstić information content (AvgIpc) is 3.03. The lowest BCUT2D eigenvalue weighted by Gasteiger charge is -2.52. The first kappa shape index (κ1) is 26.8. The number of urea groups is 1. The van der Waals surface area contributed by atoms with Crippen molar-refractivity contribution in [3.05, 3.63) is 35.9 Å². The summed E-state index contributed by atoms with van der Waals surface area (Å²) in [6, 6.07) is 10.2. The molecular weight excluding hydrogens is 482 g/mol. The molecule has 3 fully saturated rings. The second-order valence-corrected chi connectivity index (χ2v) is 12.8. The molecule has 3 aliphatic rings. The Balaban J connectivity index is 1.52. The van der Waals surface area contributed by atoms with Gasteiger partial charge in [-0.3, -0.25) is 9.69 Å². The molecule has 0 bridgehead atoms. The highest BCUT2D eigenvalue weighted by molar-refractivity contribution is 7.88. The monoisotopic (exact) mass is 521 g/mol. The molecule has 0 radical (unpaired) electrons. The maximum absolute atomic E-state index is 13.6. The standard InChI is InChI=1S/C25H39N5O5S/c1-28(2)25(20-8-5-4-6-9-20)14-12-23(13-15-25)17-29(16-21(31)26-19-27-36(3,34)35)22(32)30(23)18-24(33)10-7-11-24/h4-6,8-9,27,33H,7,10-19H2,1-3H3,(H,26,31). The van der Waals surface area contributed by atoms with E-state index >= 15 is 0 Å². The van der Waals surface area contributed by atoms with Crippen LogP contribution in [0, 0.1) is 0 Å². The van der Waals surface area contributed by atoms with Crippen LogP contribution in [0.1, 0.15) is 50.5 Å². The zero-order chi connectivity index (χ0) is 26.2. The Morgan fingerprint density at radius 3 is 2.25 bits per heavy atom. The molecule has 2 aliphatic carbocycles. The number of sulfonamides is 1. The average molecular weight is 522 g/mol. The van der Waals surface area contributed by atoms with Crippen molar-refractivity contribution in [2.45, 2.75) is 61.6 Å². The number of carbonyl (C=O) groups excluding carboxylic acids is 2. The van der Waals surface area contributed by atoms with Crippen LogP contribution in [0.5, 0.6) is 0 Å².